The van der Waals surface area contributed by atoms with Gasteiger partial charge in [-0.05, 0) is 19.9 Å². The minimum absolute atomic E-state index is 0.0447. The summed E-state index contributed by atoms with van der Waals surface area (Å²) < 4.78 is 0. The molecule has 15 heavy (non-hydrogen) atoms. The highest BCUT2D eigenvalue weighted by Crippen LogP contribution is 2.09. The number of aromatic amines is 1. The highest BCUT2D eigenvalue weighted by molar-refractivity contribution is 5.62. The molecule has 0 bridgehead atoms. The molecule has 0 spiro atoms. The van der Waals surface area contributed by atoms with Crippen LogP contribution in [0.2, 0.25) is 0 Å². The molecule has 0 aromatic carbocycles. The maximum absolute atomic E-state index is 11.7. The first-order valence-corrected chi connectivity index (χ1v) is 4.82. The van der Waals surface area contributed by atoms with Crippen LogP contribution in [0.1, 0.15) is 30.8 Å². The number of allylic oxidation sites excluding steroid dienone is 1. The smallest absolute Gasteiger partial charge is 0.189 e. The number of hydrogen-bond donors (Lipinski definition) is 2. The molecule has 0 amide bonds. The molecule has 0 aliphatic rings. The van der Waals surface area contributed by atoms with Crippen LogP contribution in [-0.4, -0.2) is 4.98 Å². The molecule has 0 aliphatic heterocycles. The van der Waals surface area contributed by atoms with Crippen molar-refractivity contribution in [3.63, 3.8) is 0 Å². The standard InChI is InChI=1S/C12H16N2O/c1-4-10-11(5-8(2)3)14-9(7-13)6-12(10)15/h4-6H,1,7,13H2,2-3H3,(H,14,15). The Morgan fingerprint density at radius 2 is 2.27 bits per heavy atom. The lowest BCUT2D eigenvalue weighted by atomic mass is 10.1. The third kappa shape index (κ3) is 2.67. The van der Waals surface area contributed by atoms with Gasteiger partial charge in [0.05, 0.1) is 0 Å². The molecule has 80 valence electrons. The Hall–Kier alpha value is -1.61. The third-order valence-corrected chi connectivity index (χ3v) is 2.01. The monoisotopic (exact) mass is 204 g/mol. The zero-order chi connectivity index (χ0) is 11.4. The quantitative estimate of drug-likeness (QED) is 0.790. The summed E-state index contributed by atoms with van der Waals surface area (Å²) in [5.74, 6) is 0. The molecule has 0 saturated carbocycles. The Morgan fingerprint density at radius 3 is 2.73 bits per heavy atom. The number of nitrogens with two attached hydrogens (primary N) is 1. The van der Waals surface area contributed by atoms with Crippen LogP contribution in [0.25, 0.3) is 12.2 Å². The summed E-state index contributed by atoms with van der Waals surface area (Å²) >= 11 is 0. The average molecular weight is 204 g/mol. The van der Waals surface area contributed by atoms with Gasteiger partial charge in [0.25, 0.3) is 0 Å². The summed E-state index contributed by atoms with van der Waals surface area (Å²) in [4.78, 5) is 14.8. The minimum Gasteiger partial charge on any atom is -0.357 e. The van der Waals surface area contributed by atoms with E-state index in [1.54, 1.807) is 6.08 Å². The van der Waals surface area contributed by atoms with Crippen molar-refractivity contribution >= 4 is 12.2 Å². The topological polar surface area (TPSA) is 58.9 Å². The van der Waals surface area contributed by atoms with Gasteiger partial charge in [-0.2, -0.15) is 0 Å². The average Bonchev–Trinajstić information content (AvgIpc) is 2.16. The van der Waals surface area contributed by atoms with E-state index in [-0.39, 0.29) is 5.43 Å². The SMILES string of the molecule is C=Cc1c(C=C(C)C)[nH]c(CN)cc1=O. The molecule has 3 N–H and O–H groups in total. The molecule has 0 atom stereocenters. The summed E-state index contributed by atoms with van der Waals surface area (Å²) in [5, 5.41) is 0. The van der Waals surface area contributed by atoms with Gasteiger partial charge in [0.15, 0.2) is 5.43 Å². The Morgan fingerprint density at radius 1 is 1.60 bits per heavy atom. The zero-order valence-electron chi connectivity index (χ0n) is 9.13. The first-order valence-electron chi connectivity index (χ1n) is 4.82. The zero-order valence-corrected chi connectivity index (χ0v) is 9.13. The van der Waals surface area contributed by atoms with Crippen molar-refractivity contribution in [2.45, 2.75) is 20.4 Å². The number of pyridine rings is 1. The van der Waals surface area contributed by atoms with E-state index >= 15 is 0 Å². The highest BCUT2D eigenvalue weighted by Gasteiger charge is 2.03. The lowest BCUT2D eigenvalue weighted by molar-refractivity contribution is 0.977. The fraction of sp³-hybridized carbons (Fsp3) is 0.250. The van der Waals surface area contributed by atoms with Gasteiger partial charge in [0.2, 0.25) is 0 Å². The van der Waals surface area contributed by atoms with Crippen molar-refractivity contribution < 1.29 is 0 Å². The van der Waals surface area contributed by atoms with Crippen LogP contribution < -0.4 is 11.2 Å². The predicted octanol–water partition coefficient (Wildman–Crippen LogP) is 1.90. The second-order valence-corrected chi connectivity index (χ2v) is 3.62. The van der Waals surface area contributed by atoms with Gasteiger partial charge in [0.1, 0.15) is 0 Å². The minimum atomic E-state index is -0.0447. The molecule has 0 saturated heterocycles. The van der Waals surface area contributed by atoms with Crippen LogP contribution in [0.5, 0.6) is 0 Å². The predicted molar refractivity (Wildman–Crippen MR) is 64.4 cm³/mol. The molecule has 0 unspecified atom stereocenters. The fourth-order valence-corrected chi connectivity index (χ4v) is 1.37. The second kappa shape index (κ2) is 4.75. The highest BCUT2D eigenvalue weighted by atomic mass is 16.1. The van der Waals surface area contributed by atoms with Crippen LogP contribution in [0.4, 0.5) is 0 Å². The molecule has 1 aromatic heterocycles. The molecule has 0 aliphatic carbocycles. The van der Waals surface area contributed by atoms with Gasteiger partial charge in [-0.15, -0.1) is 0 Å². The fourth-order valence-electron chi connectivity index (χ4n) is 1.37. The van der Waals surface area contributed by atoms with E-state index in [9.17, 15) is 4.79 Å². The van der Waals surface area contributed by atoms with Crippen LogP contribution in [0.15, 0.2) is 23.0 Å². The molecule has 1 rings (SSSR count). The van der Waals surface area contributed by atoms with Crippen LogP contribution in [0.3, 0.4) is 0 Å². The van der Waals surface area contributed by atoms with Gasteiger partial charge in [-0.1, -0.05) is 18.2 Å². The van der Waals surface area contributed by atoms with Crippen molar-refractivity contribution in [3.8, 4) is 0 Å². The molecule has 3 nitrogen and oxygen atoms in total. The van der Waals surface area contributed by atoms with Crippen molar-refractivity contribution in [1.82, 2.24) is 4.98 Å². The number of aromatic nitrogens is 1. The summed E-state index contributed by atoms with van der Waals surface area (Å²) in [6.45, 7) is 7.91. The Bertz CT molecular complexity index is 451. The van der Waals surface area contributed by atoms with E-state index in [1.165, 1.54) is 6.07 Å². The van der Waals surface area contributed by atoms with E-state index in [4.69, 9.17) is 5.73 Å². The second-order valence-electron chi connectivity index (χ2n) is 3.62. The number of hydrogen-bond acceptors (Lipinski definition) is 2. The van der Waals surface area contributed by atoms with E-state index in [1.807, 2.05) is 19.9 Å². The van der Waals surface area contributed by atoms with Crippen molar-refractivity contribution in [2.24, 2.45) is 5.73 Å². The lowest BCUT2D eigenvalue weighted by Gasteiger charge is -2.05. The largest absolute Gasteiger partial charge is 0.357 e. The normalized spacial score (nSPS) is 9.80. The van der Waals surface area contributed by atoms with E-state index in [0.717, 1.165) is 17.0 Å². The molecule has 1 aromatic rings. The number of nitrogens with one attached hydrogen (secondary N) is 1. The maximum atomic E-state index is 11.7. The van der Waals surface area contributed by atoms with Gasteiger partial charge in [-0.3, -0.25) is 4.79 Å². The Kier molecular flexibility index (Phi) is 3.63. The van der Waals surface area contributed by atoms with Gasteiger partial charge in [-0.25, -0.2) is 0 Å². The van der Waals surface area contributed by atoms with Crippen molar-refractivity contribution in [3.05, 3.63) is 45.4 Å². The van der Waals surface area contributed by atoms with Crippen LogP contribution in [-0.2, 0) is 6.54 Å². The third-order valence-electron chi connectivity index (χ3n) is 2.01. The molecular weight excluding hydrogens is 188 g/mol. The molecule has 0 fully saturated rings. The van der Waals surface area contributed by atoms with Crippen molar-refractivity contribution in [2.75, 3.05) is 0 Å². The van der Waals surface area contributed by atoms with Gasteiger partial charge >= 0.3 is 0 Å². The van der Waals surface area contributed by atoms with Gasteiger partial charge < -0.3 is 10.7 Å². The lowest BCUT2D eigenvalue weighted by Crippen LogP contribution is -2.12. The summed E-state index contributed by atoms with van der Waals surface area (Å²) in [5.41, 5.74) is 8.66. The molecule has 0 radical (unpaired) electrons. The summed E-state index contributed by atoms with van der Waals surface area (Å²) in [6, 6.07) is 1.51. The van der Waals surface area contributed by atoms with E-state index in [2.05, 4.69) is 11.6 Å². The summed E-state index contributed by atoms with van der Waals surface area (Å²) in [7, 11) is 0. The first kappa shape index (κ1) is 11.5. The summed E-state index contributed by atoms with van der Waals surface area (Å²) in [6.07, 6.45) is 3.48. The Labute approximate surface area is 89.3 Å². The molecule has 1 heterocycles. The van der Waals surface area contributed by atoms with E-state index < -0.39 is 0 Å². The number of H-pyrrole nitrogens is 1. The van der Waals surface area contributed by atoms with Crippen molar-refractivity contribution in [1.29, 1.82) is 0 Å². The van der Waals surface area contributed by atoms with E-state index in [0.29, 0.717) is 12.1 Å². The first-order chi connectivity index (χ1) is 7.08. The van der Waals surface area contributed by atoms with Gasteiger partial charge in [0, 0.05) is 29.6 Å². The van der Waals surface area contributed by atoms with Crippen LogP contribution in [0, 0.1) is 0 Å². The molecular formula is C12H16N2O. The van der Waals surface area contributed by atoms with Crippen LogP contribution >= 0.6 is 0 Å². The molecule has 3 heteroatoms. The number of rotatable bonds is 3. The Balaban J connectivity index is 3.45. The maximum Gasteiger partial charge on any atom is 0.189 e.